The Labute approximate surface area is 179 Å². The van der Waals surface area contributed by atoms with Gasteiger partial charge in [-0.05, 0) is 32.4 Å². The van der Waals surface area contributed by atoms with E-state index in [4.69, 9.17) is 4.74 Å². The lowest BCUT2D eigenvalue weighted by atomic mass is 10.1. The average Bonchev–Trinajstić information content (AvgIpc) is 3.12. The first-order valence-electron chi connectivity index (χ1n) is 9.65. The molecule has 0 saturated carbocycles. The number of thiazole rings is 1. The highest BCUT2D eigenvalue weighted by molar-refractivity contribution is 7.15. The van der Waals surface area contributed by atoms with Crippen LogP contribution in [0, 0.1) is 12.7 Å². The minimum atomic E-state index is -0.420. The fourth-order valence-electron chi connectivity index (χ4n) is 3.06. The number of benzene rings is 1. The molecule has 0 unspecified atom stereocenters. The molecule has 3 aromatic rings. The van der Waals surface area contributed by atoms with Gasteiger partial charge in [0.2, 0.25) is 5.88 Å². The van der Waals surface area contributed by atoms with Crippen LogP contribution in [-0.4, -0.2) is 33.4 Å². The first-order valence-corrected chi connectivity index (χ1v) is 10.5. The van der Waals surface area contributed by atoms with Gasteiger partial charge < -0.3 is 9.64 Å². The maximum atomic E-state index is 13.4. The Kier molecular flexibility index (Phi) is 6.95. The molecule has 0 spiro atoms. The van der Waals surface area contributed by atoms with Gasteiger partial charge in [0.25, 0.3) is 5.91 Å². The van der Waals surface area contributed by atoms with Crippen molar-refractivity contribution in [2.45, 2.75) is 33.2 Å². The summed E-state index contributed by atoms with van der Waals surface area (Å²) in [6, 6.07) is 12.4. The number of aryl methyl sites for hydroxylation is 1. The largest absolute Gasteiger partial charge is 0.477 e. The van der Waals surface area contributed by atoms with Gasteiger partial charge >= 0.3 is 0 Å². The standard InChI is InChI=1S/C23H24FN3O2S/c1-15(2)27(16(3)12-13-29-20-11-10-19(24)14-25-20)23(28)21-22(30-17(4)26-21)18-8-6-5-7-9-18/h5-11,14-15H,3,12-13H2,1-2,4H3. The maximum Gasteiger partial charge on any atom is 0.278 e. The number of amides is 1. The SMILES string of the molecule is C=C(CCOc1ccc(F)cn1)N(C(=O)c1nc(C)sc1-c1ccccc1)C(C)C. The molecular formula is C23H24FN3O2S. The van der Waals surface area contributed by atoms with E-state index in [-0.39, 0.29) is 18.6 Å². The van der Waals surface area contributed by atoms with E-state index in [1.165, 1.54) is 23.5 Å². The van der Waals surface area contributed by atoms with Crippen LogP contribution in [0.1, 0.15) is 35.8 Å². The number of pyridine rings is 1. The first kappa shape index (κ1) is 21.6. The maximum absolute atomic E-state index is 13.4. The normalized spacial score (nSPS) is 10.8. The number of rotatable bonds is 8. The molecule has 1 aromatic carbocycles. The molecule has 3 rings (SSSR count). The molecule has 0 saturated heterocycles. The van der Waals surface area contributed by atoms with Gasteiger partial charge in [-0.25, -0.2) is 14.4 Å². The van der Waals surface area contributed by atoms with Gasteiger partial charge in [0, 0.05) is 24.2 Å². The summed E-state index contributed by atoms with van der Waals surface area (Å²) >= 11 is 1.50. The van der Waals surface area contributed by atoms with E-state index in [0.29, 0.717) is 23.7 Å². The van der Waals surface area contributed by atoms with Gasteiger partial charge in [-0.15, -0.1) is 11.3 Å². The van der Waals surface area contributed by atoms with Gasteiger partial charge in [0.15, 0.2) is 0 Å². The predicted octanol–water partition coefficient (Wildman–Crippen LogP) is 5.49. The van der Waals surface area contributed by atoms with Crippen molar-refractivity contribution in [3.8, 4) is 16.3 Å². The van der Waals surface area contributed by atoms with Crippen LogP contribution < -0.4 is 4.74 Å². The Hall–Kier alpha value is -3.06. The lowest BCUT2D eigenvalue weighted by molar-refractivity contribution is 0.0754. The summed E-state index contributed by atoms with van der Waals surface area (Å²) in [6.45, 7) is 10.1. The molecule has 0 aliphatic rings. The van der Waals surface area contributed by atoms with Crippen LogP contribution in [0.4, 0.5) is 4.39 Å². The number of nitrogens with zero attached hydrogens (tertiary/aromatic N) is 3. The van der Waals surface area contributed by atoms with Crippen LogP contribution in [0.2, 0.25) is 0 Å². The van der Waals surface area contributed by atoms with Gasteiger partial charge in [-0.2, -0.15) is 0 Å². The van der Waals surface area contributed by atoms with Crippen molar-refractivity contribution in [1.82, 2.24) is 14.9 Å². The molecule has 0 atom stereocenters. The lowest BCUT2D eigenvalue weighted by Crippen LogP contribution is -2.36. The van der Waals surface area contributed by atoms with E-state index in [9.17, 15) is 9.18 Å². The Bertz CT molecular complexity index is 1020. The summed E-state index contributed by atoms with van der Waals surface area (Å²) in [5, 5.41) is 0.831. The molecular weight excluding hydrogens is 401 g/mol. The third-order valence-electron chi connectivity index (χ3n) is 4.39. The summed E-state index contributed by atoms with van der Waals surface area (Å²) in [4.78, 5) is 24.3. The lowest BCUT2D eigenvalue weighted by Gasteiger charge is -2.28. The van der Waals surface area contributed by atoms with Crippen LogP contribution in [0.5, 0.6) is 5.88 Å². The second kappa shape index (κ2) is 9.63. The molecule has 0 aliphatic carbocycles. The molecule has 1 amide bonds. The molecule has 30 heavy (non-hydrogen) atoms. The van der Waals surface area contributed by atoms with E-state index >= 15 is 0 Å². The molecule has 2 aromatic heterocycles. The van der Waals surface area contributed by atoms with E-state index in [1.54, 1.807) is 4.90 Å². The van der Waals surface area contributed by atoms with Crippen molar-refractivity contribution in [2.75, 3.05) is 6.61 Å². The Morgan fingerprint density at radius 2 is 1.97 bits per heavy atom. The van der Waals surface area contributed by atoms with E-state index in [1.807, 2.05) is 51.1 Å². The number of hydrogen-bond acceptors (Lipinski definition) is 5. The number of hydrogen-bond donors (Lipinski definition) is 0. The molecule has 7 heteroatoms. The van der Waals surface area contributed by atoms with E-state index < -0.39 is 5.82 Å². The van der Waals surface area contributed by atoms with Gasteiger partial charge in [0.1, 0.15) is 11.5 Å². The monoisotopic (exact) mass is 425 g/mol. The minimum absolute atomic E-state index is 0.0976. The fourth-order valence-corrected chi connectivity index (χ4v) is 3.97. The average molecular weight is 426 g/mol. The zero-order chi connectivity index (χ0) is 21.7. The summed E-state index contributed by atoms with van der Waals surface area (Å²) in [5.41, 5.74) is 2.02. The number of carbonyl (C=O) groups is 1. The van der Waals surface area contributed by atoms with E-state index in [0.717, 1.165) is 21.6 Å². The van der Waals surface area contributed by atoms with Crippen molar-refractivity contribution in [3.05, 3.63) is 77.5 Å². The first-order chi connectivity index (χ1) is 14.4. The zero-order valence-electron chi connectivity index (χ0n) is 17.3. The summed E-state index contributed by atoms with van der Waals surface area (Å²) < 4.78 is 18.5. The van der Waals surface area contributed by atoms with Crippen molar-refractivity contribution < 1.29 is 13.9 Å². The third-order valence-corrected chi connectivity index (χ3v) is 5.41. The van der Waals surface area contributed by atoms with Gasteiger partial charge in [-0.1, -0.05) is 36.9 Å². The second-order valence-corrected chi connectivity index (χ2v) is 8.23. The molecule has 0 aliphatic heterocycles. The summed E-state index contributed by atoms with van der Waals surface area (Å²) in [6.07, 6.45) is 1.52. The smallest absolute Gasteiger partial charge is 0.278 e. The quantitative estimate of drug-likeness (QED) is 0.479. The minimum Gasteiger partial charge on any atom is -0.477 e. The number of ether oxygens (including phenoxy) is 1. The topological polar surface area (TPSA) is 55.3 Å². The number of halogens is 1. The highest BCUT2D eigenvalue weighted by Crippen LogP contribution is 2.32. The Morgan fingerprint density at radius 3 is 2.60 bits per heavy atom. The fraction of sp³-hybridized carbons (Fsp3) is 0.261. The Balaban J connectivity index is 1.75. The van der Waals surface area contributed by atoms with Crippen LogP contribution in [-0.2, 0) is 0 Å². The van der Waals surface area contributed by atoms with Crippen LogP contribution in [0.25, 0.3) is 10.4 Å². The van der Waals surface area contributed by atoms with Gasteiger partial charge in [0.05, 0.1) is 22.7 Å². The molecule has 0 radical (unpaired) electrons. The zero-order valence-corrected chi connectivity index (χ0v) is 18.1. The molecule has 5 nitrogen and oxygen atoms in total. The molecule has 0 fully saturated rings. The predicted molar refractivity (Wildman–Crippen MR) is 117 cm³/mol. The molecule has 0 bridgehead atoms. The number of aromatic nitrogens is 2. The van der Waals surface area contributed by atoms with Crippen LogP contribution in [0.15, 0.2) is 60.9 Å². The summed E-state index contributed by atoms with van der Waals surface area (Å²) in [7, 11) is 0. The highest BCUT2D eigenvalue weighted by atomic mass is 32.1. The van der Waals surface area contributed by atoms with Gasteiger partial charge in [-0.3, -0.25) is 4.79 Å². The van der Waals surface area contributed by atoms with Crippen LogP contribution >= 0.6 is 11.3 Å². The van der Waals surface area contributed by atoms with Crippen LogP contribution in [0.3, 0.4) is 0 Å². The highest BCUT2D eigenvalue weighted by Gasteiger charge is 2.27. The summed E-state index contributed by atoms with van der Waals surface area (Å²) in [5.74, 6) is -0.276. The van der Waals surface area contributed by atoms with Crippen molar-refractivity contribution >= 4 is 17.2 Å². The Morgan fingerprint density at radius 1 is 1.23 bits per heavy atom. The number of carbonyl (C=O) groups excluding carboxylic acids is 1. The van der Waals surface area contributed by atoms with Crippen molar-refractivity contribution in [3.63, 3.8) is 0 Å². The molecule has 0 N–H and O–H groups in total. The third kappa shape index (κ3) is 5.10. The molecule has 2 heterocycles. The van der Waals surface area contributed by atoms with Crippen molar-refractivity contribution in [1.29, 1.82) is 0 Å². The molecule has 156 valence electrons. The van der Waals surface area contributed by atoms with E-state index in [2.05, 4.69) is 16.5 Å². The van der Waals surface area contributed by atoms with Crippen molar-refractivity contribution in [2.24, 2.45) is 0 Å². The second-order valence-electron chi connectivity index (χ2n) is 7.02.